The molecule has 0 fully saturated rings. The fourth-order valence-electron chi connectivity index (χ4n) is 6.27. The van der Waals surface area contributed by atoms with E-state index in [0.717, 1.165) is 22.7 Å². The molecule has 0 atom stereocenters. The van der Waals surface area contributed by atoms with Crippen molar-refractivity contribution in [1.29, 1.82) is 0 Å². The number of aromatic nitrogens is 2. The predicted octanol–water partition coefficient (Wildman–Crippen LogP) is 9.90. The molecule has 0 aliphatic carbocycles. The molecule has 0 saturated carbocycles. The van der Waals surface area contributed by atoms with Gasteiger partial charge >= 0.3 is 0 Å². The molecule has 190 valence electrons. The number of hydrogen-bond acceptors (Lipinski definition) is 1. The zero-order chi connectivity index (χ0) is 26.6. The van der Waals surface area contributed by atoms with E-state index in [1.165, 1.54) is 43.6 Å². The van der Waals surface area contributed by atoms with Crippen molar-refractivity contribution in [2.75, 3.05) is 4.90 Å². The first-order chi connectivity index (χ1) is 19.8. The van der Waals surface area contributed by atoms with Crippen LogP contribution in [0.3, 0.4) is 0 Å². The Hall–Kier alpha value is -5.28. The van der Waals surface area contributed by atoms with E-state index < -0.39 is 0 Å². The molecule has 3 nitrogen and oxygen atoms in total. The van der Waals surface area contributed by atoms with E-state index in [1.54, 1.807) is 0 Å². The number of para-hydroxylation sites is 4. The lowest BCUT2D eigenvalue weighted by atomic mass is 10.1. The Morgan fingerprint density at radius 2 is 0.950 bits per heavy atom. The Balaban J connectivity index is 1.40. The van der Waals surface area contributed by atoms with Gasteiger partial charge in [0.05, 0.1) is 11.0 Å². The molecule has 0 amide bonds. The van der Waals surface area contributed by atoms with Crippen LogP contribution < -0.4 is 4.90 Å². The van der Waals surface area contributed by atoms with Crippen LogP contribution in [0.4, 0.5) is 17.1 Å². The summed E-state index contributed by atoms with van der Waals surface area (Å²) in [5, 5.41) is 5.04. The topological polar surface area (TPSA) is 13.1 Å². The molecular formula is C37H27N3. The van der Waals surface area contributed by atoms with Crippen molar-refractivity contribution in [3.63, 3.8) is 0 Å². The zero-order valence-electron chi connectivity index (χ0n) is 22.2. The van der Waals surface area contributed by atoms with Gasteiger partial charge in [0.1, 0.15) is 0 Å². The molecule has 0 spiro atoms. The van der Waals surface area contributed by atoms with Crippen molar-refractivity contribution in [2.24, 2.45) is 7.05 Å². The highest BCUT2D eigenvalue weighted by atomic mass is 15.1. The van der Waals surface area contributed by atoms with Crippen LogP contribution in [0.15, 0.2) is 146 Å². The van der Waals surface area contributed by atoms with Crippen LogP contribution in [0.2, 0.25) is 0 Å². The molecule has 8 rings (SSSR count). The summed E-state index contributed by atoms with van der Waals surface area (Å²) in [6, 6.07) is 52.3. The van der Waals surface area contributed by atoms with Gasteiger partial charge in [0.2, 0.25) is 0 Å². The lowest BCUT2D eigenvalue weighted by Crippen LogP contribution is -2.10. The van der Waals surface area contributed by atoms with Crippen LogP contribution in [0, 0.1) is 0 Å². The SMILES string of the molecule is Cn1c2ccccc2c2cc(N(c3ccccc3)c3ccc4c5ccccc5n(-c5ccccc5)c4c3)ccc21. The van der Waals surface area contributed by atoms with Crippen molar-refractivity contribution >= 4 is 60.7 Å². The molecule has 0 bridgehead atoms. The van der Waals surface area contributed by atoms with Crippen LogP contribution in [-0.4, -0.2) is 9.13 Å². The van der Waals surface area contributed by atoms with E-state index in [-0.39, 0.29) is 0 Å². The fourth-order valence-corrected chi connectivity index (χ4v) is 6.27. The first-order valence-electron chi connectivity index (χ1n) is 13.7. The molecule has 6 aromatic carbocycles. The predicted molar refractivity (Wildman–Crippen MR) is 169 cm³/mol. The fraction of sp³-hybridized carbons (Fsp3) is 0.0270. The van der Waals surface area contributed by atoms with E-state index in [9.17, 15) is 0 Å². The van der Waals surface area contributed by atoms with E-state index >= 15 is 0 Å². The van der Waals surface area contributed by atoms with Gasteiger partial charge in [-0.3, -0.25) is 0 Å². The van der Waals surface area contributed by atoms with Gasteiger partial charge in [-0.25, -0.2) is 0 Å². The lowest BCUT2D eigenvalue weighted by Gasteiger charge is -2.26. The summed E-state index contributed by atoms with van der Waals surface area (Å²) in [5.74, 6) is 0. The quantitative estimate of drug-likeness (QED) is 0.228. The van der Waals surface area contributed by atoms with E-state index in [2.05, 4.69) is 167 Å². The number of hydrogen-bond donors (Lipinski definition) is 0. The Bertz CT molecular complexity index is 2170. The van der Waals surface area contributed by atoms with E-state index in [1.807, 2.05) is 0 Å². The molecule has 2 heterocycles. The Kier molecular flexibility index (Phi) is 5.04. The molecule has 0 N–H and O–H groups in total. The second-order valence-electron chi connectivity index (χ2n) is 10.3. The summed E-state index contributed by atoms with van der Waals surface area (Å²) in [4.78, 5) is 2.37. The van der Waals surface area contributed by atoms with Crippen LogP contribution in [-0.2, 0) is 7.05 Å². The van der Waals surface area contributed by atoms with Crippen molar-refractivity contribution in [1.82, 2.24) is 9.13 Å². The molecular weight excluding hydrogens is 486 g/mol. The Morgan fingerprint density at radius 1 is 0.400 bits per heavy atom. The van der Waals surface area contributed by atoms with Gasteiger partial charge < -0.3 is 14.0 Å². The van der Waals surface area contributed by atoms with Gasteiger partial charge in [-0.05, 0) is 66.7 Å². The molecule has 3 heteroatoms. The number of anilines is 3. The highest BCUT2D eigenvalue weighted by molar-refractivity contribution is 6.11. The molecule has 40 heavy (non-hydrogen) atoms. The third-order valence-electron chi connectivity index (χ3n) is 8.10. The highest BCUT2D eigenvalue weighted by Crippen LogP contribution is 2.41. The summed E-state index contributed by atoms with van der Waals surface area (Å²) in [5.41, 5.74) is 9.43. The molecule has 0 radical (unpaired) electrons. The number of fused-ring (bicyclic) bond motifs is 6. The van der Waals surface area contributed by atoms with Gasteiger partial charge in [-0.1, -0.05) is 78.9 Å². The number of aryl methyl sites for hydroxylation is 1. The Labute approximate surface area is 232 Å². The summed E-state index contributed by atoms with van der Waals surface area (Å²) in [6.45, 7) is 0. The van der Waals surface area contributed by atoms with Gasteiger partial charge in [0.15, 0.2) is 0 Å². The maximum atomic E-state index is 2.38. The third kappa shape index (κ3) is 3.38. The summed E-state index contributed by atoms with van der Waals surface area (Å²) < 4.78 is 4.66. The number of nitrogens with zero attached hydrogens (tertiary/aromatic N) is 3. The van der Waals surface area contributed by atoms with Crippen molar-refractivity contribution < 1.29 is 0 Å². The largest absolute Gasteiger partial charge is 0.344 e. The molecule has 8 aromatic rings. The van der Waals surface area contributed by atoms with Crippen LogP contribution >= 0.6 is 0 Å². The van der Waals surface area contributed by atoms with Crippen LogP contribution in [0.5, 0.6) is 0 Å². The summed E-state index contributed by atoms with van der Waals surface area (Å²) >= 11 is 0. The molecule has 0 saturated heterocycles. The lowest BCUT2D eigenvalue weighted by molar-refractivity contribution is 1.01. The number of benzene rings is 6. The van der Waals surface area contributed by atoms with Crippen molar-refractivity contribution in [3.8, 4) is 5.69 Å². The number of rotatable bonds is 4. The molecule has 2 aromatic heterocycles. The minimum atomic E-state index is 1.12. The van der Waals surface area contributed by atoms with Crippen LogP contribution in [0.25, 0.3) is 49.3 Å². The first-order valence-corrected chi connectivity index (χ1v) is 13.7. The summed E-state index contributed by atoms with van der Waals surface area (Å²) in [7, 11) is 2.15. The minimum absolute atomic E-state index is 1.12. The van der Waals surface area contributed by atoms with Gasteiger partial charge in [0.25, 0.3) is 0 Å². The second-order valence-corrected chi connectivity index (χ2v) is 10.3. The van der Waals surface area contributed by atoms with Gasteiger partial charge in [-0.2, -0.15) is 0 Å². The van der Waals surface area contributed by atoms with Gasteiger partial charge in [0, 0.05) is 62.4 Å². The van der Waals surface area contributed by atoms with E-state index in [4.69, 9.17) is 0 Å². The highest BCUT2D eigenvalue weighted by Gasteiger charge is 2.18. The van der Waals surface area contributed by atoms with E-state index in [0.29, 0.717) is 0 Å². The minimum Gasteiger partial charge on any atom is -0.344 e. The first kappa shape index (κ1) is 22.7. The second kappa shape index (κ2) is 8.89. The maximum absolute atomic E-state index is 2.38. The van der Waals surface area contributed by atoms with Crippen molar-refractivity contribution in [2.45, 2.75) is 0 Å². The standard InChI is InChI=1S/C37H27N3/c1-38-34-18-10-8-17-31(34)33-24-28(21-23-35(33)38)39(26-12-4-2-5-13-26)29-20-22-32-30-16-9-11-19-36(30)40(37(32)25-29)27-14-6-3-7-15-27/h2-25H,1H3. The smallest absolute Gasteiger partial charge is 0.0561 e. The third-order valence-corrected chi connectivity index (χ3v) is 8.10. The zero-order valence-corrected chi connectivity index (χ0v) is 22.2. The summed E-state index contributed by atoms with van der Waals surface area (Å²) in [6.07, 6.45) is 0. The molecule has 0 aliphatic heterocycles. The molecule has 0 aliphatic rings. The normalized spacial score (nSPS) is 11.6. The average molecular weight is 514 g/mol. The average Bonchev–Trinajstić information content (AvgIpc) is 3.50. The van der Waals surface area contributed by atoms with Crippen LogP contribution in [0.1, 0.15) is 0 Å². The van der Waals surface area contributed by atoms with Gasteiger partial charge in [-0.15, -0.1) is 0 Å². The van der Waals surface area contributed by atoms with Crippen molar-refractivity contribution in [3.05, 3.63) is 146 Å². The monoisotopic (exact) mass is 513 g/mol. The molecule has 0 unspecified atom stereocenters. The Morgan fingerprint density at radius 3 is 1.73 bits per heavy atom. The maximum Gasteiger partial charge on any atom is 0.0561 e.